The number of alkyl halides is 2. The normalized spacial score (nSPS) is 10.3. The van der Waals surface area contributed by atoms with Gasteiger partial charge >= 0.3 is 6.61 Å². The number of rotatable bonds is 4. The van der Waals surface area contributed by atoms with Gasteiger partial charge in [-0.15, -0.1) is 0 Å². The van der Waals surface area contributed by atoms with E-state index >= 15 is 0 Å². The molecule has 6 heteroatoms. The highest BCUT2D eigenvalue weighted by Gasteiger charge is 2.18. The molecule has 0 aromatic heterocycles. The number of aldehydes is 1. The zero-order valence-corrected chi connectivity index (χ0v) is 9.75. The van der Waals surface area contributed by atoms with Crippen LogP contribution in [-0.4, -0.2) is 18.7 Å². The second-order valence-corrected chi connectivity index (χ2v) is 3.74. The third-order valence-electron chi connectivity index (χ3n) is 1.84. The third-order valence-corrected chi connectivity index (χ3v) is 2.50. The van der Waals surface area contributed by atoms with Crippen LogP contribution in [0, 0.1) is 0 Å². The molecule has 0 saturated heterocycles. The van der Waals surface area contributed by atoms with Crippen LogP contribution in [0.4, 0.5) is 8.78 Å². The predicted molar refractivity (Wildman–Crippen MR) is 56.2 cm³/mol. The largest absolute Gasteiger partial charge is 0.434 e. The van der Waals surface area contributed by atoms with E-state index in [2.05, 4.69) is 20.7 Å². The molecule has 0 saturated carbocycles. The Kier molecular flexibility index (Phi) is 4.12. The molecule has 0 fully saturated rings. The van der Waals surface area contributed by atoms with E-state index in [4.69, 9.17) is 0 Å². The summed E-state index contributed by atoms with van der Waals surface area (Å²) in [4.78, 5) is 22.0. The molecule has 0 atom stereocenters. The summed E-state index contributed by atoms with van der Waals surface area (Å²) >= 11 is 3.07. The van der Waals surface area contributed by atoms with Crippen LogP contribution in [0.15, 0.2) is 16.6 Å². The van der Waals surface area contributed by atoms with Crippen LogP contribution in [-0.2, 0) is 0 Å². The van der Waals surface area contributed by atoms with Crippen LogP contribution >= 0.6 is 15.9 Å². The Balaban J connectivity index is 3.36. The van der Waals surface area contributed by atoms with Gasteiger partial charge in [0.1, 0.15) is 5.75 Å². The van der Waals surface area contributed by atoms with Gasteiger partial charge in [-0.3, -0.25) is 9.59 Å². The van der Waals surface area contributed by atoms with Crippen molar-refractivity contribution < 1.29 is 23.1 Å². The van der Waals surface area contributed by atoms with E-state index in [-0.39, 0.29) is 16.9 Å². The SMILES string of the molecule is CC(=O)c1c(Br)ccc(OC(F)F)c1C=O. The first kappa shape index (κ1) is 12.8. The molecular weight excluding hydrogens is 286 g/mol. The number of carbonyl (C=O) groups is 2. The first-order chi connectivity index (χ1) is 7.47. The van der Waals surface area contributed by atoms with Gasteiger partial charge in [-0.1, -0.05) is 15.9 Å². The van der Waals surface area contributed by atoms with E-state index < -0.39 is 12.4 Å². The Bertz CT molecular complexity index is 432. The summed E-state index contributed by atoms with van der Waals surface area (Å²) in [7, 11) is 0. The van der Waals surface area contributed by atoms with Gasteiger partial charge in [-0.2, -0.15) is 8.78 Å². The van der Waals surface area contributed by atoms with Crippen molar-refractivity contribution in [2.24, 2.45) is 0 Å². The highest BCUT2D eigenvalue weighted by molar-refractivity contribution is 9.10. The molecule has 0 aliphatic carbocycles. The number of benzene rings is 1. The summed E-state index contributed by atoms with van der Waals surface area (Å²) < 4.78 is 28.6. The molecule has 1 rings (SSSR count). The lowest BCUT2D eigenvalue weighted by Crippen LogP contribution is -2.08. The van der Waals surface area contributed by atoms with Gasteiger partial charge < -0.3 is 4.74 Å². The van der Waals surface area contributed by atoms with Crippen molar-refractivity contribution in [1.29, 1.82) is 0 Å². The molecule has 0 unspecified atom stereocenters. The Morgan fingerprint density at radius 3 is 2.56 bits per heavy atom. The topological polar surface area (TPSA) is 43.4 Å². The maximum absolute atomic E-state index is 12.0. The van der Waals surface area contributed by atoms with Crippen LogP contribution in [0.1, 0.15) is 27.6 Å². The minimum Gasteiger partial charge on any atom is -0.434 e. The number of ketones is 1. The summed E-state index contributed by atoms with van der Waals surface area (Å²) in [5, 5.41) is 0. The molecular formula is C10H7BrF2O3. The average Bonchev–Trinajstić information content (AvgIpc) is 2.18. The smallest absolute Gasteiger partial charge is 0.387 e. The van der Waals surface area contributed by atoms with E-state index in [1.165, 1.54) is 19.1 Å². The first-order valence-corrected chi connectivity index (χ1v) is 5.00. The monoisotopic (exact) mass is 292 g/mol. The molecule has 0 bridgehead atoms. The molecule has 0 amide bonds. The van der Waals surface area contributed by atoms with Crippen molar-refractivity contribution in [3.8, 4) is 5.75 Å². The van der Waals surface area contributed by atoms with Gasteiger partial charge in [0, 0.05) is 10.0 Å². The maximum Gasteiger partial charge on any atom is 0.387 e. The fraction of sp³-hybridized carbons (Fsp3) is 0.200. The molecule has 0 spiro atoms. The van der Waals surface area contributed by atoms with Gasteiger partial charge in [0.15, 0.2) is 12.1 Å². The van der Waals surface area contributed by atoms with Crippen LogP contribution in [0.5, 0.6) is 5.75 Å². The van der Waals surface area contributed by atoms with Crippen LogP contribution in [0.2, 0.25) is 0 Å². The average molecular weight is 293 g/mol. The summed E-state index contributed by atoms with van der Waals surface area (Å²) in [6, 6.07) is 2.58. The van der Waals surface area contributed by atoms with Gasteiger partial charge in [-0.25, -0.2) is 0 Å². The Morgan fingerprint density at radius 2 is 2.12 bits per heavy atom. The fourth-order valence-electron chi connectivity index (χ4n) is 1.25. The van der Waals surface area contributed by atoms with Crippen LogP contribution < -0.4 is 4.74 Å². The highest BCUT2D eigenvalue weighted by atomic mass is 79.9. The minimum atomic E-state index is -3.04. The number of carbonyl (C=O) groups excluding carboxylic acids is 2. The Hall–Kier alpha value is -1.30. The Morgan fingerprint density at radius 1 is 1.50 bits per heavy atom. The standard InChI is InChI=1S/C10H7BrF2O3/c1-5(15)9-6(4-14)8(16-10(12)13)3-2-7(9)11/h2-4,10H,1H3. The molecule has 1 aromatic rings. The Labute approximate surface area is 98.5 Å². The second-order valence-electron chi connectivity index (χ2n) is 2.89. The van der Waals surface area contributed by atoms with E-state index in [9.17, 15) is 18.4 Å². The summed E-state index contributed by atoms with van der Waals surface area (Å²) in [5.74, 6) is -0.716. The molecule has 0 N–H and O–H groups in total. The van der Waals surface area contributed by atoms with E-state index in [1.54, 1.807) is 0 Å². The molecule has 1 aromatic carbocycles. The summed E-state index contributed by atoms with van der Waals surface area (Å²) in [6.45, 7) is -1.81. The molecule has 16 heavy (non-hydrogen) atoms. The highest BCUT2D eigenvalue weighted by Crippen LogP contribution is 2.29. The lowest BCUT2D eigenvalue weighted by molar-refractivity contribution is -0.0501. The first-order valence-electron chi connectivity index (χ1n) is 4.20. The zero-order valence-electron chi connectivity index (χ0n) is 8.17. The molecule has 86 valence electrons. The second kappa shape index (κ2) is 5.16. The summed E-state index contributed by atoms with van der Waals surface area (Å²) in [5.41, 5.74) is -0.143. The lowest BCUT2D eigenvalue weighted by atomic mass is 10.0. The zero-order chi connectivity index (χ0) is 12.3. The van der Waals surface area contributed by atoms with Crippen molar-refractivity contribution in [3.63, 3.8) is 0 Å². The fourth-order valence-corrected chi connectivity index (χ4v) is 1.87. The van der Waals surface area contributed by atoms with Crippen LogP contribution in [0.25, 0.3) is 0 Å². The van der Waals surface area contributed by atoms with Crippen molar-refractivity contribution in [3.05, 3.63) is 27.7 Å². The van der Waals surface area contributed by atoms with Gasteiger partial charge in [-0.05, 0) is 19.1 Å². The molecule has 0 aliphatic rings. The predicted octanol–water partition coefficient (Wildman–Crippen LogP) is 3.07. The molecule has 0 heterocycles. The van der Waals surface area contributed by atoms with E-state index in [0.717, 1.165) is 0 Å². The number of ether oxygens (including phenoxy) is 1. The number of hydrogen-bond acceptors (Lipinski definition) is 3. The molecule has 0 aliphatic heterocycles. The molecule has 3 nitrogen and oxygen atoms in total. The van der Waals surface area contributed by atoms with E-state index in [0.29, 0.717) is 10.8 Å². The molecule has 0 radical (unpaired) electrons. The lowest BCUT2D eigenvalue weighted by Gasteiger charge is -2.10. The summed E-state index contributed by atoms with van der Waals surface area (Å²) in [6.07, 6.45) is 0.319. The quantitative estimate of drug-likeness (QED) is 0.633. The van der Waals surface area contributed by atoms with Crippen molar-refractivity contribution in [2.45, 2.75) is 13.5 Å². The van der Waals surface area contributed by atoms with Gasteiger partial charge in [0.25, 0.3) is 0 Å². The number of Topliss-reactive ketones (excluding diaryl/α,β-unsaturated/α-hetero) is 1. The van der Waals surface area contributed by atoms with Gasteiger partial charge in [0.05, 0.1) is 5.56 Å². The van der Waals surface area contributed by atoms with E-state index in [1.807, 2.05) is 0 Å². The minimum absolute atomic E-state index is 0.0353. The van der Waals surface area contributed by atoms with Crippen molar-refractivity contribution >= 4 is 28.0 Å². The number of hydrogen-bond donors (Lipinski definition) is 0. The number of halogens is 3. The third kappa shape index (κ3) is 2.63. The maximum atomic E-state index is 12.0. The van der Waals surface area contributed by atoms with Crippen molar-refractivity contribution in [1.82, 2.24) is 0 Å². The van der Waals surface area contributed by atoms with Crippen molar-refractivity contribution in [2.75, 3.05) is 0 Å². The van der Waals surface area contributed by atoms with Gasteiger partial charge in [0.2, 0.25) is 0 Å². The van der Waals surface area contributed by atoms with Crippen LogP contribution in [0.3, 0.4) is 0 Å².